The van der Waals surface area contributed by atoms with Gasteiger partial charge >= 0.3 is 6.18 Å². The second-order valence-electron chi connectivity index (χ2n) is 4.30. The fraction of sp³-hybridized carbons (Fsp3) is 0.200. The average molecular weight is 282 g/mol. The Balaban J connectivity index is 2.28. The zero-order chi connectivity index (χ0) is 14.8. The molecule has 0 unspecified atom stereocenters. The van der Waals surface area contributed by atoms with E-state index in [2.05, 4.69) is 0 Å². The summed E-state index contributed by atoms with van der Waals surface area (Å²) in [6.45, 7) is 0. The molecule has 0 aromatic heterocycles. The van der Waals surface area contributed by atoms with Gasteiger partial charge in [-0.15, -0.1) is 0 Å². The van der Waals surface area contributed by atoms with Gasteiger partial charge in [0.25, 0.3) is 0 Å². The van der Waals surface area contributed by atoms with E-state index in [-0.39, 0.29) is 5.56 Å². The third-order valence-corrected chi connectivity index (χ3v) is 2.94. The number of ether oxygens (including phenoxy) is 1. The first-order valence-electron chi connectivity index (χ1n) is 5.91. The van der Waals surface area contributed by atoms with Crippen LogP contribution in [0.15, 0.2) is 48.5 Å². The van der Waals surface area contributed by atoms with Gasteiger partial charge in [-0.25, -0.2) is 0 Å². The van der Waals surface area contributed by atoms with Crippen molar-refractivity contribution in [2.45, 2.75) is 12.3 Å². The van der Waals surface area contributed by atoms with Crippen LogP contribution in [0.1, 0.15) is 11.7 Å². The van der Waals surface area contributed by atoms with Gasteiger partial charge < -0.3 is 9.84 Å². The van der Waals surface area contributed by atoms with Crippen molar-refractivity contribution >= 4 is 0 Å². The second kappa shape index (κ2) is 5.54. The molecule has 20 heavy (non-hydrogen) atoms. The monoisotopic (exact) mass is 282 g/mol. The van der Waals surface area contributed by atoms with Gasteiger partial charge in [0.15, 0.2) is 6.10 Å². The van der Waals surface area contributed by atoms with Crippen molar-refractivity contribution in [3.05, 3.63) is 54.1 Å². The first-order valence-corrected chi connectivity index (χ1v) is 5.91. The van der Waals surface area contributed by atoms with E-state index in [0.717, 1.165) is 11.1 Å². The smallest absolute Gasteiger partial charge is 0.418 e. The van der Waals surface area contributed by atoms with Crippen LogP contribution in [0.3, 0.4) is 0 Å². The van der Waals surface area contributed by atoms with Gasteiger partial charge in [0, 0.05) is 0 Å². The van der Waals surface area contributed by atoms with Crippen molar-refractivity contribution in [1.82, 2.24) is 0 Å². The number of hydrogen-bond donors (Lipinski definition) is 1. The Hall–Kier alpha value is -2.01. The number of halogens is 3. The Morgan fingerprint density at radius 3 is 2.20 bits per heavy atom. The fourth-order valence-electron chi connectivity index (χ4n) is 1.85. The van der Waals surface area contributed by atoms with Gasteiger partial charge in [0.05, 0.1) is 7.11 Å². The molecule has 0 fully saturated rings. The number of alkyl halides is 3. The highest BCUT2D eigenvalue weighted by molar-refractivity contribution is 5.65. The van der Waals surface area contributed by atoms with Crippen molar-refractivity contribution in [1.29, 1.82) is 0 Å². The van der Waals surface area contributed by atoms with E-state index in [1.807, 2.05) is 6.07 Å². The molecule has 0 amide bonds. The predicted molar refractivity (Wildman–Crippen MR) is 69.4 cm³/mol. The maximum atomic E-state index is 12.4. The lowest BCUT2D eigenvalue weighted by Gasteiger charge is -2.15. The van der Waals surface area contributed by atoms with Gasteiger partial charge in [-0.1, -0.05) is 36.4 Å². The number of aliphatic hydroxyl groups is 1. The number of hydrogen-bond acceptors (Lipinski definition) is 2. The van der Waals surface area contributed by atoms with Crippen molar-refractivity contribution in [3.8, 4) is 16.9 Å². The second-order valence-corrected chi connectivity index (χ2v) is 4.30. The summed E-state index contributed by atoms with van der Waals surface area (Å²) < 4.78 is 42.3. The molecular weight excluding hydrogens is 269 g/mol. The molecule has 0 aliphatic rings. The van der Waals surface area contributed by atoms with Gasteiger partial charge in [0.2, 0.25) is 0 Å². The highest BCUT2D eigenvalue weighted by Crippen LogP contribution is 2.33. The van der Waals surface area contributed by atoms with Gasteiger partial charge in [-0.3, -0.25) is 0 Å². The minimum Gasteiger partial charge on any atom is -0.497 e. The molecule has 1 N–H and O–H groups in total. The van der Waals surface area contributed by atoms with E-state index in [1.54, 1.807) is 37.4 Å². The van der Waals surface area contributed by atoms with Crippen LogP contribution in [-0.4, -0.2) is 18.4 Å². The summed E-state index contributed by atoms with van der Waals surface area (Å²) in [5, 5.41) is 9.16. The molecule has 2 aromatic carbocycles. The largest absolute Gasteiger partial charge is 0.497 e. The first kappa shape index (κ1) is 14.4. The Bertz CT molecular complexity index is 576. The summed E-state index contributed by atoms with van der Waals surface area (Å²) in [4.78, 5) is 0. The lowest BCUT2D eigenvalue weighted by Crippen LogP contribution is -2.19. The van der Waals surface area contributed by atoms with E-state index in [1.165, 1.54) is 12.1 Å². The summed E-state index contributed by atoms with van der Waals surface area (Å²) in [6.07, 6.45) is -7.11. The lowest BCUT2D eigenvalue weighted by atomic mass is 10.0. The maximum absolute atomic E-state index is 12.4. The van der Waals surface area contributed by atoms with Crippen molar-refractivity contribution < 1.29 is 23.0 Å². The SMILES string of the molecule is COc1cccc(-c2ccc([C@@H](O)C(F)(F)F)cc2)c1. The predicted octanol–water partition coefficient (Wildman–Crippen LogP) is 3.96. The van der Waals surface area contributed by atoms with Crippen molar-refractivity contribution in [2.24, 2.45) is 0 Å². The van der Waals surface area contributed by atoms with E-state index in [4.69, 9.17) is 9.84 Å². The topological polar surface area (TPSA) is 29.5 Å². The van der Waals surface area contributed by atoms with Crippen LogP contribution >= 0.6 is 0 Å². The fourth-order valence-corrected chi connectivity index (χ4v) is 1.85. The Kier molecular flexibility index (Phi) is 3.99. The zero-order valence-electron chi connectivity index (χ0n) is 10.7. The number of methoxy groups -OCH3 is 1. The molecule has 0 aliphatic carbocycles. The standard InChI is InChI=1S/C15H13F3O2/c1-20-13-4-2-3-12(9-13)10-5-7-11(8-6-10)14(19)15(16,17)18/h2-9,14,19H,1H3/t14-/m1/s1. The van der Waals surface area contributed by atoms with E-state index in [9.17, 15) is 13.2 Å². The molecule has 1 atom stereocenters. The van der Waals surface area contributed by atoms with Crippen LogP contribution in [0.4, 0.5) is 13.2 Å². The molecule has 0 saturated carbocycles. The zero-order valence-corrected chi connectivity index (χ0v) is 10.7. The minimum absolute atomic E-state index is 0.177. The number of benzene rings is 2. The van der Waals surface area contributed by atoms with Crippen LogP contribution < -0.4 is 4.74 Å². The molecule has 0 spiro atoms. The molecule has 2 rings (SSSR count). The van der Waals surface area contributed by atoms with Crippen molar-refractivity contribution in [2.75, 3.05) is 7.11 Å². The van der Waals surface area contributed by atoms with Crippen LogP contribution in [0.25, 0.3) is 11.1 Å². The quantitative estimate of drug-likeness (QED) is 0.923. The van der Waals surface area contributed by atoms with E-state index < -0.39 is 12.3 Å². The number of rotatable bonds is 3. The Labute approximate surface area is 114 Å². The highest BCUT2D eigenvalue weighted by Gasteiger charge is 2.39. The van der Waals surface area contributed by atoms with Gasteiger partial charge in [-0.05, 0) is 28.8 Å². The van der Waals surface area contributed by atoms with Gasteiger partial charge in [0.1, 0.15) is 5.75 Å². The molecule has 106 valence electrons. The molecule has 0 bridgehead atoms. The third kappa shape index (κ3) is 3.11. The molecule has 0 radical (unpaired) electrons. The highest BCUT2D eigenvalue weighted by atomic mass is 19.4. The molecule has 0 heterocycles. The Morgan fingerprint density at radius 1 is 1.00 bits per heavy atom. The molecule has 2 aromatic rings. The summed E-state index contributed by atoms with van der Waals surface area (Å²) in [7, 11) is 1.54. The third-order valence-electron chi connectivity index (χ3n) is 2.94. The van der Waals surface area contributed by atoms with E-state index in [0.29, 0.717) is 5.75 Å². The molecule has 2 nitrogen and oxygen atoms in total. The van der Waals surface area contributed by atoms with Crippen molar-refractivity contribution in [3.63, 3.8) is 0 Å². The number of aliphatic hydroxyl groups excluding tert-OH is 1. The van der Waals surface area contributed by atoms with E-state index >= 15 is 0 Å². The first-order chi connectivity index (χ1) is 9.41. The van der Waals surface area contributed by atoms with Crippen LogP contribution in [0.2, 0.25) is 0 Å². The molecular formula is C15H13F3O2. The summed E-state index contributed by atoms with van der Waals surface area (Å²) in [5.41, 5.74) is 1.41. The van der Waals surface area contributed by atoms with Crippen LogP contribution in [0, 0.1) is 0 Å². The molecule has 0 saturated heterocycles. The van der Waals surface area contributed by atoms with Crippen LogP contribution in [-0.2, 0) is 0 Å². The average Bonchev–Trinajstić information content (AvgIpc) is 2.46. The van der Waals surface area contributed by atoms with Gasteiger partial charge in [-0.2, -0.15) is 13.2 Å². The summed E-state index contributed by atoms with van der Waals surface area (Å²) in [6, 6.07) is 12.8. The van der Waals surface area contributed by atoms with Crippen LogP contribution in [0.5, 0.6) is 5.75 Å². The Morgan fingerprint density at radius 2 is 1.65 bits per heavy atom. The molecule has 0 aliphatic heterocycles. The molecule has 5 heteroatoms. The maximum Gasteiger partial charge on any atom is 0.418 e. The normalized spacial score (nSPS) is 13.1. The minimum atomic E-state index is -4.66. The lowest BCUT2D eigenvalue weighted by molar-refractivity contribution is -0.206. The summed E-state index contributed by atoms with van der Waals surface area (Å²) in [5.74, 6) is 0.668. The summed E-state index contributed by atoms with van der Waals surface area (Å²) >= 11 is 0.